The molecule has 1 aliphatic carbocycles. The number of carbonyl (C=O) groups excluding carboxylic acids is 1. The van der Waals surface area contributed by atoms with Gasteiger partial charge in [0.05, 0.1) is 13.2 Å². The Kier molecular flexibility index (Phi) is 8.85. The van der Waals surface area contributed by atoms with Gasteiger partial charge in [0.25, 0.3) is 0 Å². The number of nitrogens with zero attached hydrogens (tertiary/aromatic N) is 2. The first-order valence-corrected chi connectivity index (χ1v) is 10.6. The molecule has 2 fully saturated rings. The van der Waals surface area contributed by atoms with E-state index >= 15 is 0 Å². The fourth-order valence-electron chi connectivity index (χ4n) is 3.87. The Morgan fingerprint density at radius 1 is 1.39 bits per heavy atom. The second-order valence-electron chi connectivity index (χ2n) is 7.45. The first kappa shape index (κ1) is 23.3. The molecular weight excluding hydrogens is 535 g/mol. The molecule has 1 aromatic rings. The number of benzene rings is 1. The number of aliphatic imine (C=N–C) groups is 1. The number of nitrogens with two attached hydrogens (primary N) is 1. The Morgan fingerprint density at radius 3 is 2.68 bits per heavy atom. The molecule has 28 heavy (non-hydrogen) atoms. The molecule has 0 atom stereocenters. The van der Waals surface area contributed by atoms with Crippen molar-refractivity contribution in [1.29, 1.82) is 0 Å². The zero-order valence-corrected chi connectivity index (χ0v) is 20.2. The lowest BCUT2D eigenvalue weighted by molar-refractivity contribution is 0.0963. The lowest BCUT2D eigenvalue weighted by Crippen LogP contribution is -2.49. The highest BCUT2D eigenvalue weighted by molar-refractivity contribution is 14.0. The summed E-state index contributed by atoms with van der Waals surface area (Å²) >= 11 is 3.57. The molecule has 0 aromatic heterocycles. The Hall–Kier alpha value is -1.03. The minimum atomic E-state index is -0.224. The Labute approximate surface area is 192 Å². The molecule has 3 rings (SSSR count). The second kappa shape index (κ2) is 10.7. The molecule has 2 aliphatic rings. The van der Waals surface area contributed by atoms with Gasteiger partial charge in [0.1, 0.15) is 0 Å². The Balaban J connectivity index is 0.00000280. The van der Waals surface area contributed by atoms with E-state index in [1.54, 1.807) is 4.90 Å². The van der Waals surface area contributed by atoms with Gasteiger partial charge in [-0.2, -0.15) is 0 Å². The minimum absolute atomic E-state index is 0. The van der Waals surface area contributed by atoms with Crippen molar-refractivity contribution in [1.82, 2.24) is 10.2 Å². The van der Waals surface area contributed by atoms with Crippen LogP contribution < -0.4 is 11.1 Å². The van der Waals surface area contributed by atoms with Crippen molar-refractivity contribution in [3.8, 4) is 0 Å². The second-order valence-corrected chi connectivity index (χ2v) is 8.37. The highest BCUT2D eigenvalue weighted by atomic mass is 127. The van der Waals surface area contributed by atoms with E-state index in [9.17, 15) is 4.79 Å². The average molecular weight is 565 g/mol. The summed E-state index contributed by atoms with van der Waals surface area (Å²) in [6.45, 7) is 4.32. The highest BCUT2D eigenvalue weighted by Crippen LogP contribution is 2.44. The SMILES string of the molecule is CCOC(=O)N1CCC(NC(N)=NCC2(c3cccc(Br)c3)CCC2)CC1.I. The first-order chi connectivity index (χ1) is 13.0. The van der Waals surface area contributed by atoms with Gasteiger partial charge in [0.2, 0.25) is 0 Å². The molecule has 1 aliphatic heterocycles. The first-order valence-electron chi connectivity index (χ1n) is 9.76. The summed E-state index contributed by atoms with van der Waals surface area (Å²) in [6, 6.07) is 8.78. The summed E-state index contributed by atoms with van der Waals surface area (Å²) in [7, 11) is 0. The van der Waals surface area contributed by atoms with Crippen LogP contribution in [0, 0.1) is 0 Å². The number of nitrogens with one attached hydrogen (secondary N) is 1. The highest BCUT2D eigenvalue weighted by Gasteiger charge is 2.38. The van der Waals surface area contributed by atoms with E-state index in [-0.39, 0.29) is 41.5 Å². The summed E-state index contributed by atoms with van der Waals surface area (Å²) in [5.74, 6) is 0.505. The lowest BCUT2D eigenvalue weighted by atomic mass is 9.64. The van der Waals surface area contributed by atoms with Crippen molar-refractivity contribution in [2.45, 2.75) is 50.5 Å². The van der Waals surface area contributed by atoms with Crippen molar-refractivity contribution < 1.29 is 9.53 Å². The fourth-order valence-corrected chi connectivity index (χ4v) is 4.27. The van der Waals surface area contributed by atoms with Gasteiger partial charge in [-0.15, -0.1) is 24.0 Å². The molecule has 1 saturated carbocycles. The monoisotopic (exact) mass is 564 g/mol. The van der Waals surface area contributed by atoms with E-state index in [0.717, 1.165) is 30.2 Å². The molecule has 6 nitrogen and oxygen atoms in total. The third kappa shape index (κ3) is 5.75. The number of hydrogen-bond acceptors (Lipinski definition) is 3. The van der Waals surface area contributed by atoms with Crippen LogP contribution >= 0.6 is 39.9 Å². The third-order valence-electron chi connectivity index (χ3n) is 5.67. The van der Waals surface area contributed by atoms with Crippen molar-refractivity contribution >= 4 is 52.0 Å². The molecule has 0 spiro atoms. The number of piperidine rings is 1. The maximum atomic E-state index is 11.8. The summed E-state index contributed by atoms with van der Waals surface area (Å²) in [5, 5.41) is 3.33. The summed E-state index contributed by atoms with van der Waals surface area (Å²) in [6.07, 6.45) is 5.02. The van der Waals surface area contributed by atoms with E-state index in [1.807, 2.05) is 6.92 Å². The quantitative estimate of drug-likeness (QED) is 0.322. The molecule has 0 radical (unpaired) electrons. The van der Waals surface area contributed by atoms with E-state index < -0.39 is 0 Å². The molecule has 1 aromatic carbocycles. The van der Waals surface area contributed by atoms with Crippen LogP contribution in [0.15, 0.2) is 33.7 Å². The maximum Gasteiger partial charge on any atom is 0.409 e. The average Bonchev–Trinajstić information content (AvgIpc) is 2.62. The predicted molar refractivity (Wildman–Crippen MR) is 126 cm³/mol. The zero-order chi connectivity index (χ0) is 19.3. The van der Waals surface area contributed by atoms with Crippen LogP contribution in [0.4, 0.5) is 4.79 Å². The van der Waals surface area contributed by atoms with Crippen molar-refractivity contribution in [2.24, 2.45) is 10.7 Å². The number of rotatable bonds is 5. The molecule has 1 amide bonds. The molecule has 1 saturated heterocycles. The fraction of sp³-hybridized carbons (Fsp3) is 0.600. The lowest BCUT2D eigenvalue weighted by Gasteiger charge is -2.41. The van der Waals surface area contributed by atoms with E-state index in [1.165, 1.54) is 12.0 Å². The smallest absolute Gasteiger partial charge is 0.409 e. The van der Waals surface area contributed by atoms with Crippen molar-refractivity contribution in [3.05, 3.63) is 34.3 Å². The molecule has 3 N–H and O–H groups in total. The molecule has 156 valence electrons. The number of likely N-dealkylation sites (tertiary alicyclic amines) is 1. The topological polar surface area (TPSA) is 80.0 Å². The van der Waals surface area contributed by atoms with Crippen LogP contribution in [0.25, 0.3) is 0 Å². The van der Waals surface area contributed by atoms with E-state index in [2.05, 4.69) is 50.5 Å². The summed E-state index contributed by atoms with van der Waals surface area (Å²) in [4.78, 5) is 18.2. The van der Waals surface area contributed by atoms with Gasteiger partial charge in [0, 0.05) is 29.0 Å². The van der Waals surface area contributed by atoms with E-state index in [4.69, 9.17) is 10.5 Å². The van der Waals surface area contributed by atoms with Gasteiger partial charge in [-0.1, -0.05) is 34.5 Å². The van der Waals surface area contributed by atoms with Crippen LogP contribution in [-0.4, -0.2) is 49.2 Å². The van der Waals surface area contributed by atoms with Gasteiger partial charge in [0.15, 0.2) is 5.96 Å². The van der Waals surface area contributed by atoms with Gasteiger partial charge in [-0.05, 0) is 50.3 Å². The number of hydrogen-bond donors (Lipinski definition) is 2. The molecule has 0 unspecified atom stereocenters. The van der Waals surface area contributed by atoms with Gasteiger partial charge in [-0.3, -0.25) is 4.99 Å². The number of amides is 1. The Morgan fingerprint density at radius 2 is 2.11 bits per heavy atom. The number of carbonyl (C=O) groups is 1. The summed E-state index contributed by atoms with van der Waals surface area (Å²) in [5.41, 5.74) is 7.62. The van der Waals surface area contributed by atoms with Crippen LogP contribution in [0.3, 0.4) is 0 Å². The van der Waals surface area contributed by atoms with Gasteiger partial charge >= 0.3 is 6.09 Å². The summed E-state index contributed by atoms with van der Waals surface area (Å²) < 4.78 is 6.16. The molecular formula is C20H30BrIN4O2. The Bertz CT molecular complexity index is 689. The molecule has 1 heterocycles. The predicted octanol–water partition coefficient (Wildman–Crippen LogP) is 4.01. The van der Waals surface area contributed by atoms with Crippen LogP contribution in [-0.2, 0) is 10.2 Å². The molecule has 0 bridgehead atoms. The number of guanidine groups is 1. The largest absolute Gasteiger partial charge is 0.450 e. The number of ether oxygens (including phenoxy) is 1. The molecule has 8 heteroatoms. The standard InChI is InChI=1S/C20H29BrN4O2.HI/c1-2-27-19(26)25-11-7-17(8-12-25)24-18(22)23-14-20(9-4-10-20)15-5-3-6-16(21)13-15;/h3,5-6,13,17H,2,4,7-12,14H2,1H3,(H3,22,23,24);1H. The third-order valence-corrected chi connectivity index (χ3v) is 6.17. The van der Waals surface area contributed by atoms with Crippen LogP contribution in [0.2, 0.25) is 0 Å². The number of halogens is 2. The zero-order valence-electron chi connectivity index (χ0n) is 16.3. The maximum absolute atomic E-state index is 11.8. The van der Waals surface area contributed by atoms with E-state index in [0.29, 0.717) is 32.2 Å². The van der Waals surface area contributed by atoms with Crippen LogP contribution in [0.5, 0.6) is 0 Å². The van der Waals surface area contributed by atoms with Gasteiger partial charge in [-0.25, -0.2) is 4.79 Å². The normalized spacial score (nSPS) is 19.4. The van der Waals surface area contributed by atoms with Crippen molar-refractivity contribution in [3.63, 3.8) is 0 Å². The van der Waals surface area contributed by atoms with Crippen molar-refractivity contribution in [2.75, 3.05) is 26.2 Å². The minimum Gasteiger partial charge on any atom is -0.450 e. The van der Waals surface area contributed by atoms with Gasteiger partial charge < -0.3 is 20.7 Å². The van der Waals surface area contributed by atoms with Crippen LogP contribution in [0.1, 0.15) is 44.6 Å².